The molecule has 0 saturated carbocycles. The van der Waals surface area contributed by atoms with Crippen LogP contribution in [0.25, 0.3) is 10.9 Å². The van der Waals surface area contributed by atoms with Crippen LogP contribution in [0.1, 0.15) is 11.1 Å². The van der Waals surface area contributed by atoms with Crippen molar-refractivity contribution in [3.05, 3.63) is 64.8 Å². The van der Waals surface area contributed by atoms with Crippen molar-refractivity contribution in [1.82, 2.24) is 4.57 Å². The predicted molar refractivity (Wildman–Crippen MR) is 86.9 cm³/mol. The zero-order valence-corrected chi connectivity index (χ0v) is 12.3. The Hall–Kier alpha value is -1.97. The average Bonchev–Trinajstić information content (AvgIpc) is 2.77. The molecular weight excluding hydrogens is 284 g/mol. The van der Waals surface area contributed by atoms with Crippen molar-refractivity contribution >= 4 is 22.5 Å². The van der Waals surface area contributed by atoms with E-state index in [1.165, 1.54) is 10.9 Å². The van der Waals surface area contributed by atoms with Gasteiger partial charge in [0.1, 0.15) is 5.75 Å². The molecule has 3 N–H and O–H groups in total. The summed E-state index contributed by atoms with van der Waals surface area (Å²) in [5, 5.41) is 11.5. The van der Waals surface area contributed by atoms with E-state index in [2.05, 4.69) is 10.8 Å². The summed E-state index contributed by atoms with van der Waals surface area (Å²) in [7, 11) is 0. The molecule has 3 nitrogen and oxygen atoms in total. The van der Waals surface area contributed by atoms with Crippen LogP contribution >= 0.6 is 11.6 Å². The highest BCUT2D eigenvalue weighted by Gasteiger charge is 2.09. The molecule has 0 atom stereocenters. The summed E-state index contributed by atoms with van der Waals surface area (Å²) in [6.07, 6.45) is 2.96. The van der Waals surface area contributed by atoms with E-state index in [1.54, 1.807) is 12.1 Å². The van der Waals surface area contributed by atoms with E-state index in [0.29, 0.717) is 13.1 Å². The summed E-state index contributed by atoms with van der Waals surface area (Å²) in [6.45, 7) is 1.31. The average molecular weight is 301 g/mol. The van der Waals surface area contributed by atoms with Crippen molar-refractivity contribution in [2.75, 3.05) is 6.54 Å². The van der Waals surface area contributed by atoms with Gasteiger partial charge in [0.15, 0.2) is 0 Å². The third-order valence-electron chi connectivity index (χ3n) is 3.60. The number of rotatable bonds is 4. The maximum atomic E-state index is 9.59. The van der Waals surface area contributed by atoms with Crippen molar-refractivity contribution in [1.29, 1.82) is 0 Å². The topological polar surface area (TPSA) is 51.2 Å². The van der Waals surface area contributed by atoms with Gasteiger partial charge in [-0.3, -0.25) is 0 Å². The number of benzene rings is 2. The Labute approximate surface area is 128 Å². The summed E-state index contributed by atoms with van der Waals surface area (Å²) >= 11 is 6.13. The highest BCUT2D eigenvalue weighted by atomic mass is 35.5. The number of hydrogen-bond donors (Lipinski definition) is 2. The Balaban J connectivity index is 2.06. The molecule has 1 heterocycles. The number of aromatic hydroxyl groups is 1. The first kappa shape index (κ1) is 14.0. The Kier molecular flexibility index (Phi) is 3.86. The number of halogens is 1. The molecule has 4 heteroatoms. The number of fused-ring (bicyclic) bond motifs is 1. The van der Waals surface area contributed by atoms with E-state index in [0.717, 1.165) is 22.5 Å². The smallest absolute Gasteiger partial charge is 0.115 e. The number of nitrogens with zero attached hydrogens (tertiary/aromatic N) is 1. The second-order valence-corrected chi connectivity index (χ2v) is 5.59. The SMILES string of the molecule is NCCc1cn(Cc2cccc(O)c2)c2cc(Cl)ccc12. The first-order valence-electron chi connectivity index (χ1n) is 6.92. The molecule has 1 aromatic heterocycles. The molecule has 0 aliphatic carbocycles. The zero-order chi connectivity index (χ0) is 14.8. The van der Waals surface area contributed by atoms with Crippen molar-refractivity contribution < 1.29 is 5.11 Å². The van der Waals surface area contributed by atoms with Crippen LogP contribution < -0.4 is 5.73 Å². The minimum Gasteiger partial charge on any atom is -0.508 e. The molecule has 0 radical (unpaired) electrons. The van der Waals surface area contributed by atoms with Crippen molar-refractivity contribution in [3.63, 3.8) is 0 Å². The third-order valence-corrected chi connectivity index (χ3v) is 3.84. The van der Waals surface area contributed by atoms with Gasteiger partial charge in [-0.05, 0) is 48.4 Å². The van der Waals surface area contributed by atoms with E-state index < -0.39 is 0 Å². The van der Waals surface area contributed by atoms with E-state index in [4.69, 9.17) is 17.3 Å². The number of hydrogen-bond acceptors (Lipinski definition) is 2. The zero-order valence-electron chi connectivity index (χ0n) is 11.6. The van der Waals surface area contributed by atoms with E-state index in [9.17, 15) is 5.11 Å². The van der Waals surface area contributed by atoms with Gasteiger partial charge in [-0.15, -0.1) is 0 Å². The van der Waals surface area contributed by atoms with Gasteiger partial charge in [-0.25, -0.2) is 0 Å². The highest BCUT2D eigenvalue weighted by Crippen LogP contribution is 2.26. The second-order valence-electron chi connectivity index (χ2n) is 5.15. The van der Waals surface area contributed by atoms with Crippen LogP contribution in [0.15, 0.2) is 48.7 Å². The Bertz CT molecular complexity index is 780. The summed E-state index contributed by atoms with van der Waals surface area (Å²) in [6, 6.07) is 13.2. The van der Waals surface area contributed by atoms with Crippen LogP contribution in [0.4, 0.5) is 0 Å². The van der Waals surface area contributed by atoms with Crippen LogP contribution in [-0.4, -0.2) is 16.2 Å². The molecule has 0 unspecified atom stereocenters. The molecule has 0 aliphatic heterocycles. The summed E-state index contributed by atoms with van der Waals surface area (Å²) in [5.74, 6) is 0.282. The lowest BCUT2D eigenvalue weighted by molar-refractivity contribution is 0.474. The number of aromatic nitrogens is 1. The van der Waals surface area contributed by atoms with E-state index in [-0.39, 0.29) is 5.75 Å². The molecule has 0 fully saturated rings. The molecule has 2 aromatic carbocycles. The lowest BCUT2D eigenvalue weighted by Gasteiger charge is -2.06. The van der Waals surface area contributed by atoms with Gasteiger partial charge in [0.05, 0.1) is 5.52 Å². The third kappa shape index (κ3) is 2.89. The van der Waals surface area contributed by atoms with E-state index >= 15 is 0 Å². The van der Waals surface area contributed by atoms with Crippen molar-refractivity contribution in [3.8, 4) is 5.75 Å². The summed E-state index contributed by atoms with van der Waals surface area (Å²) < 4.78 is 2.15. The van der Waals surface area contributed by atoms with Gasteiger partial charge in [-0.1, -0.05) is 29.8 Å². The first-order valence-corrected chi connectivity index (χ1v) is 7.30. The van der Waals surface area contributed by atoms with Crippen LogP contribution in [0.3, 0.4) is 0 Å². The molecule has 108 valence electrons. The standard InChI is InChI=1S/C17H17ClN2O/c18-14-4-5-16-13(6-7-19)11-20(17(16)9-14)10-12-2-1-3-15(21)8-12/h1-5,8-9,11,21H,6-7,10,19H2. The highest BCUT2D eigenvalue weighted by molar-refractivity contribution is 6.31. The second kappa shape index (κ2) is 5.80. The number of phenolic OH excluding ortho intramolecular Hbond substituents is 1. The first-order chi connectivity index (χ1) is 10.2. The van der Waals surface area contributed by atoms with E-state index in [1.807, 2.05) is 30.3 Å². The minimum absolute atomic E-state index is 0.282. The largest absolute Gasteiger partial charge is 0.508 e. The Morgan fingerprint density at radius 3 is 2.76 bits per heavy atom. The molecule has 3 rings (SSSR count). The van der Waals surface area contributed by atoms with Crippen LogP contribution in [0.5, 0.6) is 5.75 Å². The molecule has 21 heavy (non-hydrogen) atoms. The van der Waals surface area contributed by atoms with Crippen molar-refractivity contribution in [2.24, 2.45) is 5.73 Å². The molecule has 0 aliphatic rings. The van der Waals surface area contributed by atoms with Crippen LogP contribution in [0.2, 0.25) is 5.02 Å². The molecule has 0 spiro atoms. The molecular formula is C17H17ClN2O. The number of phenols is 1. The number of nitrogens with two attached hydrogens (primary N) is 1. The summed E-state index contributed by atoms with van der Waals surface area (Å²) in [5.41, 5.74) is 9.06. The molecule has 3 aromatic rings. The minimum atomic E-state index is 0.282. The Morgan fingerprint density at radius 2 is 2.00 bits per heavy atom. The monoisotopic (exact) mass is 300 g/mol. The quantitative estimate of drug-likeness (QED) is 0.774. The van der Waals surface area contributed by atoms with Crippen LogP contribution in [-0.2, 0) is 13.0 Å². The lowest BCUT2D eigenvalue weighted by atomic mass is 10.1. The fourth-order valence-electron chi connectivity index (χ4n) is 2.68. The van der Waals surface area contributed by atoms with Gasteiger partial charge in [0.25, 0.3) is 0 Å². The Morgan fingerprint density at radius 1 is 1.14 bits per heavy atom. The molecule has 0 saturated heterocycles. The fraction of sp³-hybridized carbons (Fsp3) is 0.176. The molecule has 0 amide bonds. The predicted octanol–water partition coefficient (Wildman–Crippen LogP) is 3.55. The maximum Gasteiger partial charge on any atom is 0.115 e. The fourth-order valence-corrected chi connectivity index (χ4v) is 2.84. The lowest BCUT2D eigenvalue weighted by Crippen LogP contribution is -2.02. The van der Waals surface area contributed by atoms with Gasteiger partial charge < -0.3 is 15.4 Å². The van der Waals surface area contributed by atoms with Gasteiger partial charge >= 0.3 is 0 Å². The summed E-state index contributed by atoms with van der Waals surface area (Å²) in [4.78, 5) is 0. The normalized spacial score (nSPS) is 11.1. The maximum absolute atomic E-state index is 9.59. The van der Waals surface area contributed by atoms with Crippen LogP contribution in [0, 0.1) is 0 Å². The van der Waals surface area contributed by atoms with Gasteiger partial charge in [0.2, 0.25) is 0 Å². The van der Waals surface area contributed by atoms with Crippen molar-refractivity contribution in [2.45, 2.75) is 13.0 Å². The van der Waals surface area contributed by atoms with Gasteiger partial charge in [-0.2, -0.15) is 0 Å². The molecule has 0 bridgehead atoms. The van der Waals surface area contributed by atoms with Gasteiger partial charge in [0, 0.05) is 23.2 Å².